The van der Waals surface area contributed by atoms with Gasteiger partial charge in [-0.15, -0.1) is 5.10 Å². The molecule has 0 spiro atoms. The lowest BCUT2D eigenvalue weighted by molar-refractivity contribution is 0.0523. The molecule has 2 heterocycles. The zero-order valence-electron chi connectivity index (χ0n) is 17.3. The molecule has 1 saturated heterocycles. The van der Waals surface area contributed by atoms with Gasteiger partial charge in [-0.05, 0) is 58.6 Å². The van der Waals surface area contributed by atoms with Crippen LogP contribution >= 0.6 is 0 Å². The second-order valence-corrected chi connectivity index (χ2v) is 9.10. The number of aryl methyl sites for hydroxylation is 1. The molecule has 0 saturated carbocycles. The van der Waals surface area contributed by atoms with E-state index in [1.807, 2.05) is 24.1 Å². The van der Waals surface area contributed by atoms with Crippen LogP contribution in [0, 0.1) is 6.92 Å². The Labute approximate surface area is 161 Å². The van der Waals surface area contributed by atoms with Crippen LogP contribution in [0.1, 0.15) is 62.2 Å². The third-order valence-electron chi connectivity index (χ3n) is 5.39. The predicted molar refractivity (Wildman–Crippen MR) is 107 cm³/mol. The van der Waals surface area contributed by atoms with E-state index in [1.54, 1.807) is 10.9 Å². The fourth-order valence-corrected chi connectivity index (χ4v) is 4.32. The fourth-order valence-electron chi connectivity index (χ4n) is 4.32. The molecular weight excluding hydrogens is 338 g/mol. The number of aromatic nitrogens is 3. The Balaban J connectivity index is 1.72. The maximum absolute atomic E-state index is 13.0. The van der Waals surface area contributed by atoms with Crippen molar-refractivity contribution < 1.29 is 4.79 Å². The molecule has 6 heteroatoms. The molecule has 6 nitrogen and oxygen atoms in total. The Morgan fingerprint density at radius 2 is 1.85 bits per heavy atom. The number of carbonyl (C=O) groups is 1. The van der Waals surface area contributed by atoms with Crippen molar-refractivity contribution in [2.75, 3.05) is 7.05 Å². The summed E-state index contributed by atoms with van der Waals surface area (Å²) in [6.45, 7) is 11.5. The average Bonchev–Trinajstić information content (AvgIpc) is 3.01. The Morgan fingerprint density at radius 3 is 2.48 bits per heavy atom. The van der Waals surface area contributed by atoms with Crippen LogP contribution in [-0.2, 0) is 6.54 Å². The van der Waals surface area contributed by atoms with E-state index in [0.717, 1.165) is 12.8 Å². The van der Waals surface area contributed by atoms with Crippen LogP contribution in [0.2, 0.25) is 0 Å². The third kappa shape index (κ3) is 4.56. The third-order valence-corrected chi connectivity index (χ3v) is 5.39. The molecule has 0 atom stereocenters. The number of hydrogen-bond acceptors (Lipinski definition) is 4. The first-order valence-electron chi connectivity index (χ1n) is 9.57. The standard InChI is InChI=1S/C21H31N5O/c1-15-9-7-8-10-16(15)13-26-14-18(22-24-26)19(27)25(6)17-11-20(2,3)23-21(4,5)12-17/h7-10,14,17,23H,11-13H2,1-6H3. The van der Waals surface area contributed by atoms with Crippen molar-refractivity contribution >= 4 is 5.91 Å². The minimum absolute atomic E-state index is 0.0105. The first-order chi connectivity index (χ1) is 12.6. The van der Waals surface area contributed by atoms with Gasteiger partial charge in [0.25, 0.3) is 5.91 Å². The van der Waals surface area contributed by atoms with Gasteiger partial charge in [-0.1, -0.05) is 29.5 Å². The Morgan fingerprint density at radius 1 is 1.22 bits per heavy atom. The summed E-state index contributed by atoms with van der Waals surface area (Å²) < 4.78 is 1.74. The largest absolute Gasteiger partial charge is 0.337 e. The molecule has 0 radical (unpaired) electrons. The molecule has 1 aromatic heterocycles. The summed E-state index contributed by atoms with van der Waals surface area (Å²) in [6.07, 6.45) is 3.58. The van der Waals surface area contributed by atoms with Crippen molar-refractivity contribution in [3.05, 3.63) is 47.3 Å². The molecular formula is C21H31N5O. The maximum atomic E-state index is 13.0. The first-order valence-corrected chi connectivity index (χ1v) is 9.57. The van der Waals surface area contributed by atoms with Crippen molar-refractivity contribution in [1.29, 1.82) is 0 Å². The van der Waals surface area contributed by atoms with Crippen molar-refractivity contribution in [1.82, 2.24) is 25.2 Å². The first kappa shape index (κ1) is 19.5. The van der Waals surface area contributed by atoms with Crippen LogP contribution < -0.4 is 5.32 Å². The average molecular weight is 370 g/mol. The van der Waals surface area contributed by atoms with Gasteiger partial charge in [0.15, 0.2) is 5.69 Å². The molecule has 0 aliphatic carbocycles. The Bertz CT molecular complexity index is 807. The number of rotatable bonds is 4. The SMILES string of the molecule is Cc1ccccc1Cn1cc(C(=O)N(C)C2CC(C)(C)NC(C)(C)C2)nn1. The van der Waals surface area contributed by atoms with Crippen molar-refractivity contribution in [2.24, 2.45) is 0 Å². The van der Waals surface area contributed by atoms with Crippen LogP contribution in [0.5, 0.6) is 0 Å². The number of hydrogen-bond donors (Lipinski definition) is 1. The Kier molecular flexibility index (Phi) is 5.12. The molecule has 1 aliphatic rings. The van der Waals surface area contributed by atoms with Crippen LogP contribution in [0.25, 0.3) is 0 Å². The molecule has 1 aliphatic heterocycles. The minimum atomic E-state index is -0.0652. The van der Waals surface area contributed by atoms with Gasteiger partial charge in [-0.3, -0.25) is 4.79 Å². The second-order valence-electron chi connectivity index (χ2n) is 9.10. The quantitative estimate of drug-likeness (QED) is 0.900. The molecule has 1 N–H and O–H groups in total. The molecule has 0 unspecified atom stereocenters. The number of piperidine rings is 1. The summed E-state index contributed by atoms with van der Waals surface area (Å²) in [5.74, 6) is -0.0652. The maximum Gasteiger partial charge on any atom is 0.276 e. The molecule has 1 fully saturated rings. The normalized spacial score (nSPS) is 19.0. The zero-order valence-corrected chi connectivity index (χ0v) is 17.3. The van der Waals surface area contributed by atoms with Gasteiger partial charge in [0, 0.05) is 24.2 Å². The van der Waals surface area contributed by atoms with Gasteiger partial charge in [0.2, 0.25) is 0 Å². The van der Waals surface area contributed by atoms with Crippen molar-refractivity contribution in [3.63, 3.8) is 0 Å². The number of benzene rings is 1. The zero-order chi connectivity index (χ0) is 19.8. The van der Waals surface area contributed by atoms with Gasteiger partial charge in [0.05, 0.1) is 12.7 Å². The van der Waals surface area contributed by atoms with E-state index < -0.39 is 0 Å². The van der Waals surface area contributed by atoms with Crippen LogP contribution in [0.4, 0.5) is 0 Å². The lowest BCUT2D eigenvalue weighted by Crippen LogP contribution is -2.62. The van der Waals surface area contributed by atoms with Gasteiger partial charge < -0.3 is 10.2 Å². The minimum Gasteiger partial charge on any atom is -0.337 e. The highest BCUT2D eigenvalue weighted by molar-refractivity contribution is 5.92. The summed E-state index contributed by atoms with van der Waals surface area (Å²) in [5, 5.41) is 12.0. The van der Waals surface area contributed by atoms with Gasteiger partial charge in [0.1, 0.15) is 0 Å². The topological polar surface area (TPSA) is 63.1 Å². The van der Waals surface area contributed by atoms with E-state index in [1.165, 1.54) is 11.1 Å². The highest BCUT2D eigenvalue weighted by Crippen LogP contribution is 2.31. The van der Waals surface area contributed by atoms with Crippen LogP contribution in [-0.4, -0.2) is 50.0 Å². The summed E-state index contributed by atoms with van der Waals surface area (Å²) in [5.41, 5.74) is 2.77. The number of nitrogens with one attached hydrogen (secondary N) is 1. The van der Waals surface area contributed by atoms with Gasteiger partial charge in [-0.2, -0.15) is 0 Å². The highest BCUT2D eigenvalue weighted by Gasteiger charge is 2.40. The smallest absolute Gasteiger partial charge is 0.276 e. The van der Waals surface area contributed by atoms with E-state index in [0.29, 0.717) is 12.2 Å². The van der Waals surface area contributed by atoms with Crippen molar-refractivity contribution in [2.45, 2.75) is 71.1 Å². The number of nitrogens with zero attached hydrogens (tertiary/aromatic N) is 4. The van der Waals surface area contributed by atoms with Crippen LogP contribution in [0.15, 0.2) is 30.5 Å². The van der Waals surface area contributed by atoms with E-state index >= 15 is 0 Å². The van der Waals surface area contributed by atoms with E-state index in [2.05, 4.69) is 62.4 Å². The van der Waals surface area contributed by atoms with E-state index in [4.69, 9.17) is 0 Å². The molecule has 146 valence electrons. The monoisotopic (exact) mass is 369 g/mol. The Hall–Kier alpha value is -2.21. The molecule has 2 aromatic rings. The summed E-state index contributed by atoms with van der Waals surface area (Å²) >= 11 is 0. The van der Waals surface area contributed by atoms with E-state index in [9.17, 15) is 4.79 Å². The summed E-state index contributed by atoms with van der Waals surface area (Å²) in [6, 6.07) is 8.35. The van der Waals surface area contributed by atoms with Crippen molar-refractivity contribution in [3.8, 4) is 0 Å². The summed E-state index contributed by atoms with van der Waals surface area (Å²) in [7, 11) is 1.88. The molecule has 27 heavy (non-hydrogen) atoms. The van der Waals surface area contributed by atoms with Gasteiger partial charge >= 0.3 is 0 Å². The van der Waals surface area contributed by atoms with Crippen LogP contribution in [0.3, 0.4) is 0 Å². The fraction of sp³-hybridized carbons (Fsp3) is 0.571. The van der Waals surface area contributed by atoms with Gasteiger partial charge in [-0.25, -0.2) is 4.68 Å². The number of amides is 1. The molecule has 1 amide bonds. The predicted octanol–water partition coefficient (Wildman–Crippen LogP) is 3.02. The lowest BCUT2D eigenvalue weighted by Gasteiger charge is -2.48. The highest BCUT2D eigenvalue weighted by atomic mass is 16.2. The van der Waals surface area contributed by atoms with E-state index in [-0.39, 0.29) is 23.0 Å². The lowest BCUT2D eigenvalue weighted by atomic mass is 9.79. The molecule has 1 aromatic carbocycles. The number of carbonyl (C=O) groups excluding carboxylic acids is 1. The second kappa shape index (κ2) is 7.08. The molecule has 0 bridgehead atoms. The molecule has 3 rings (SSSR count). The summed E-state index contributed by atoms with van der Waals surface area (Å²) in [4.78, 5) is 14.8.